The molecule has 2 aliphatic heterocycles. The SMILES string of the molecule is Cc1nc(N2C3CCC2CN(C(=O)c2ccccc2N/N=C\C=N)C3)c2cnccn12. The van der Waals surface area contributed by atoms with Crippen molar-refractivity contribution in [3.8, 4) is 0 Å². The number of fused-ring (bicyclic) bond motifs is 3. The molecule has 0 aliphatic carbocycles. The number of hydrogen-bond acceptors (Lipinski definition) is 7. The summed E-state index contributed by atoms with van der Waals surface area (Å²) in [6.45, 7) is 3.32. The maximum absolute atomic E-state index is 13.4. The molecule has 2 fully saturated rings. The number of hydrazone groups is 1. The van der Waals surface area contributed by atoms with E-state index in [1.807, 2.05) is 48.5 Å². The Labute approximate surface area is 179 Å². The van der Waals surface area contributed by atoms with Crippen molar-refractivity contribution in [3.05, 3.63) is 54.2 Å². The third kappa shape index (κ3) is 3.31. The Morgan fingerprint density at radius 3 is 2.81 bits per heavy atom. The molecule has 2 N–H and O–H groups in total. The lowest BCUT2D eigenvalue weighted by Gasteiger charge is -2.41. The fourth-order valence-corrected chi connectivity index (χ4v) is 4.76. The monoisotopic (exact) mass is 416 g/mol. The number of benzene rings is 1. The third-order valence-electron chi connectivity index (χ3n) is 6.11. The van der Waals surface area contributed by atoms with Crippen molar-refractivity contribution in [3.63, 3.8) is 0 Å². The van der Waals surface area contributed by atoms with Crippen molar-refractivity contribution in [2.24, 2.45) is 5.10 Å². The number of carbonyl (C=O) groups excluding carboxylic acids is 1. The van der Waals surface area contributed by atoms with Crippen LogP contribution in [0, 0.1) is 12.3 Å². The molecule has 9 heteroatoms. The van der Waals surface area contributed by atoms with E-state index in [0.717, 1.165) is 36.2 Å². The molecule has 0 saturated carbocycles. The predicted octanol–water partition coefficient (Wildman–Crippen LogP) is 2.58. The van der Waals surface area contributed by atoms with E-state index in [-0.39, 0.29) is 18.0 Å². The minimum atomic E-state index is -0.00255. The zero-order valence-electron chi connectivity index (χ0n) is 17.3. The molecule has 158 valence electrons. The van der Waals surface area contributed by atoms with E-state index in [1.54, 1.807) is 6.20 Å². The van der Waals surface area contributed by atoms with E-state index >= 15 is 0 Å². The zero-order valence-corrected chi connectivity index (χ0v) is 17.3. The second-order valence-corrected chi connectivity index (χ2v) is 7.92. The molecule has 1 amide bonds. The van der Waals surface area contributed by atoms with Crippen LogP contribution < -0.4 is 10.3 Å². The number of rotatable bonds is 5. The summed E-state index contributed by atoms with van der Waals surface area (Å²) >= 11 is 0. The molecule has 3 aromatic rings. The van der Waals surface area contributed by atoms with Gasteiger partial charge in [0.1, 0.15) is 11.3 Å². The summed E-state index contributed by atoms with van der Waals surface area (Å²) in [5.41, 5.74) is 5.11. The Morgan fingerprint density at radius 2 is 2.03 bits per heavy atom. The van der Waals surface area contributed by atoms with Gasteiger partial charge in [-0.3, -0.25) is 19.6 Å². The van der Waals surface area contributed by atoms with Gasteiger partial charge in [0.2, 0.25) is 0 Å². The van der Waals surface area contributed by atoms with E-state index in [9.17, 15) is 4.79 Å². The highest BCUT2D eigenvalue weighted by Crippen LogP contribution is 2.37. The van der Waals surface area contributed by atoms with Crippen LogP contribution in [0.5, 0.6) is 0 Å². The minimum absolute atomic E-state index is 0.00255. The number of anilines is 2. The lowest BCUT2D eigenvalue weighted by atomic mass is 10.1. The molecule has 2 saturated heterocycles. The highest BCUT2D eigenvalue weighted by molar-refractivity contribution is 6.14. The highest BCUT2D eigenvalue weighted by Gasteiger charge is 2.43. The van der Waals surface area contributed by atoms with Gasteiger partial charge in [-0.05, 0) is 31.9 Å². The van der Waals surface area contributed by atoms with Gasteiger partial charge in [0, 0.05) is 43.8 Å². The zero-order chi connectivity index (χ0) is 21.4. The first-order valence-electron chi connectivity index (χ1n) is 10.4. The van der Waals surface area contributed by atoms with Crippen molar-refractivity contribution in [1.29, 1.82) is 5.41 Å². The number of amides is 1. The maximum Gasteiger partial charge on any atom is 0.256 e. The number of nitrogens with zero attached hydrogens (tertiary/aromatic N) is 6. The molecule has 31 heavy (non-hydrogen) atoms. The van der Waals surface area contributed by atoms with Crippen molar-refractivity contribution in [2.45, 2.75) is 31.8 Å². The largest absolute Gasteiger partial charge is 0.345 e. The molecule has 4 heterocycles. The van der Waals surface area contributed by atoms with E-state index in [4.69, 9.17) is 10.4 Å². The van der Waals surface area contributed by atoms with Gasteiger partial charge in [0.05, 0.1) is 23.7 Å². The Bertz CT molecular complexity index is 1160. The lowest BCUT2D eigenvalue weighted by Crippen LogP contribution is -2.55. The summed E-state index contributed by atoms with van der Waals surface area (Å²) in [6.07, 6.45) is 10.1. The fraction of sp³-hybridized carbons (Fsp3) is 0.318. The number of likely N-dealkylation sites (tertiary alicyclic amines) is 1. The Balaban J connectivity index is 1.40. The number of aryl methyl sites for hydroxylation is 1. The number of piperazine rings is 1. The third-order valence-corrected chi connectivity index (χ3v) is 6.11. The average molecular weight is 416 g/mol. The number of hydrogen-bond donors (Lipinski definition) is 2. The number of carbonyl (C=O) groups is 1. The molecule has 2 bridgehead atoms. The summed E-state index contributed by atoms with van der Waals surface area (Å²) in [6, 6.07) is 7.83. The smallest absolute Gasteiger partial charge is 0.256 e. The van der Waals surface area contributed by atoms with Gasteiger partial charge < -0.3 is 15.2 Å². The molecule has 5 rings (SSSR count). The maximum atomic E-state index is 13.4. The quantitative estimate of drug-likeness (QED) is 0.492. The number of nitrogens with one attached hydrogen (secondary N) is 2. The van der Waals surface area contributed by atoms with Gasteiger partial charge in [-0.2, -0.15) is 5.10 Å². The van der Waals surface area contributed by atoms with E-state index < -0.39 is 0 Å². The molecule has 0 spiro atoms. The van der Waals surface area contributed by atoms with Crippen molar-refractivity contribution in [2.75, 3.05) is 23.4 Å². The first-order valence-corrected chi connectivity index (χ1v) is 10.4. The summed E-state index contributed by atoms with van der Waals surface area (Å²) in [5, 5.41) is 11.0. The van der Waals surface area contributed by atoms with Crippen LogP contribution in [0.25, 0.3) is 5.52 Å². The normalized spacial score (nSPS) is 20.5. The van der Waals surface area contributed by atoms with Crippen molar-refractivity contribution in [1.82, 2.24) is 19.3 Å². The fourth-order valence-electron chi connectivity index (χ4n) is 4.76. The Hall–Kier alpha value is -3.75. The van der Waals surface area contributed by atoms with Crippen LogP contribution in [0.4, 0.5) is 11.5 Å². The molecule has 1 aromatic carbocycles. The van der Waals surface area contributed by atoms with Crippen LogP contribution in [0.2, 0.25) is 0 Å². The second kappa shape index (κ2) is 7.82. The highest BCUT2D eigenvalue weighted by atomic mass is 16.2. The standard InChI is InChI=1S/C22H24N8O/c1-15-26-21(20-12-24-10-11-29(15)20)30-16-6-7-17(30)14-28(13-16)22(31)18-4-2-3-5-19(18)27-25-9-8-23/h2-5,8-12,16-17,23,27H,6-7,13-14H2,1H3/b23-8?,25-9-. The molecule has 2 aromatic heterocycles. The number of imidazole rings is 1. The van der Waals surface area contributed by atoms with Gasteiger partial charge >= 0.3 is 0 Å². The molecular weight excluding hydrogens is 392 g/mol. The number of para-hydroxylation sites is 1. The van der Waals surface area contributed by atoms with Gasteiger partial charge in [0.15, 0.2) is 5.82 Å². The van der Waals surface area contributed by atoms with Gasteiger partial charge in [-0.1, -0.05) is 12.1 Å². The predicted molar refractivity (Wildman–Crippen MR) is 120 cm³/mol. The average Bonchev–Trinajstić information content (AvgIpc) is 3.26. The summed E-state index contributed by atoms with van der Waals surface area (Å²) < 4.78 is 2.07. The summed E-state index contributed by atoms with van der Waals surface area (Å²) in [5.74, 6) is 1.90. The molecular formula is C22H24N8O. The van der Waals surface area contributed by atoms with E-state index in [1.165, 1.54) is 6.21 Å². The van der Waals surface area contributed by atoms with Crippen LogP contribution in [-0.4, -0.2) is 62.8 Å². The molecule has 9 nitrogen and oxygen atoms in total. The van der Waals surface area contributed by atoms with Crippen LogP contribution in [-0.2, 0) is 0 Å². The first-order chi connectivity index (χ1) is 15.2. The van der Waals surface area contributed by atoms with Crippen LogP contribution in [0.1, 0.15) is 29.0 Å². The summed E-state index contributed by atoms with van der Waals surface area (Å²) in [4.78, 5) is 26.8. The second-order valence-electron chi connectivity index (χ2n) is 7.92. The van der Waals surface area contributed by atoms with Crippen molar-refractivity contribution >= 4 is 35.4 Å². The van der Waals surface area contributed by atoms with Crippen LogP contribution >= 0.6 is 0 Å². The molecule has 2 aliphatic rings. The summed E-state index contributed by atoms with van der Waals surface area (Å²) in [7, 11) is 0. The van der Waals surface area contributed by atoms with E-state index in [2.05, 4.69) is 24.8 Å². The number of aromatic nitrogens is 3. The van der Waals surface area contributed by atoms with Gasteiger partial charge in [-0.15, -0.1) is 0 Å². The molecule has 2 atom stereocenters. The minimum Gasteiger partial charge on any atom is -0.345 e. The first kappa shape index (κ1) is 19.2. The van der Waals surface area contributed by atoms with E-state index in [0.29, 0.717) is 24.3 Å². The van der Waals surface area contributed by atoms with Crippen molar-refractivity contribution < 1.29 is 4.79 Å². The van der Waals surface area contributed by atoms with Crippen LogP contribution in [0.3, 0.4) is 0 Å². The molecule has 2 unspecified atom stereocenters. The lowest BCUT2D eigenvalue weighted by molar-refractivity contribution is 0.0718. The topological polar surface area (TPSA) is 102 Å². The van der Waals surface area contributed by atoms with Crippen LogP contribution in [0.15, 0.2) is 48.0 Å². The van der Waals surface area contributed by atoms with Gasteiger partial charge in [-0.25, -0.2) is 4.98 Å². The van der Waals surface area contributed by atoms with Gasteiger partial charge in [0.25, 0.3) is 5.91 Å². The Morgan fingerprint density at radius 1 is 1.26 bits per heavy atom. The molecule has 0 radical (unpaired) electrons. The Kier molecular flexibility index (Phi) is 4.85.